The molecule has 0 spiro atoms. The number of sulfonamides is 1. The summed E-state index contributed by atoms with van der Waals surface area (Å²) in [6, 6.07) is 28.4. The molecule has 242 valence electrons. The molecule has 2 atom stereocenters. The Morgan fingerprint density at radius 3 is 2.20 bits per heavy atom. The van der Waals surface area contributed by atoms with E-state index in [9.17, 15) is 18.0 Å². The fourth-order valence-electron chi connectivity index (χ4n) is 4.91. The largest absolute Gasteiger partial charge is 0.497 e. The van der Waals surface area contributed by atoms with Crippen molar-refractivity contribution in [2.24, 2.45) is 0 Å². The third-order valence-corrected chi connectivity index (χ3v) is 9.81. The van der Waals surface area contributed by atoms with Crippen LogP contribution in [0.5, 0.6) is 5.75 Å². The SMILES string of the molecule is CC[C@H](C)NC(=O)[C@H](Cc1ccccc1)N(Cc1ccc(Cl)cc1)C(=O)CN(c1cccc(OC)c1)S(=O)(=O)c1ccc(C)cc1. The van der Waals surface area contributed by atoms with E-state index in [0.29, 0.717) is 17.2 Å². The van der Waals surface area contributed by atoms with Crippen LogP contribution in [0.2, 0.25) is 5.02 Å². The van der Waals surface area contributed by atoms with Crippen LogP contribution in [0, 0.1) is 6.92 Å². The first-order valence-corrected chi connectivity index (χ1v) is 16.9. The zero-order valence-electron chi connectivity index (χ0n) is 26.5. The van der Waals surface area contributed by atoms with Gasteiger partial charge in [-0.2, -0.15) is 0 Å². The molecule has 0 aliphatic heterocycles. The molecular weight excluding hydrogens is 622 g/mol. The van der Waals surface area contributed by atoms with Crippen LogP contribution in [0.15, 0.2) is 108 Å². The molecule has 4 aromatic rings. The predicted molar refractivity (Wildman–Crippen MR) is 183 cm³/mol. The number of anilines is 1. The quantitative estimate of drug-likeness (QED) is 0.169. The van der Waals surface area contributed by atoms with Gasteiger partial charge in [0.2, 0.25) is 11.8 Å². The first kappa shape index (κ1) is 34.5. The zero-order chi connectivity index (χ0) is 33.3. The lowest BCUT2D eigenvalue weighted by Gasteiger charge is -2.34. The van der Waals surface area contributed by atoms with E-state index in [1.54, 1.807) is 60.7 Å². The van der Waals surface area contributed by atoms with Gasteiger partial charge < -0.3 is 15.0 Å². The lowest BCUT2D eigenvalue weighted by Crippen LogP contribution is -2.54. The van der Waals surface area contributed by atoms with Crippen molar-refractivity contribution in [2.45, 2.75) is 57.1 Å². The van der Waals surface area contributed by atoms with E-state index in [1.165, 1.54) is 24.1 Å². The Hall–Kier alpha value is -4.34. The maximum Gasteiger partial charge on any atom is 0.264 e. The average Bonchev–Trinajstić information content (AvgIpc) is 3.06. The minimum Gasteiger partial charge on any atom is -0.497 e. The summed E-state index contributed by atoms with van der Waals surface area (Å²) in [5, 5.41) is 3.57. The molecule has 0 saturated heterocycles. The summed E-state index contributed by atoms with van der Waals surface area (Å²) >= 11 is 6.16. The number of carbonyl (C=O) groups excluding carboxylic acids is 2. The second-order valence-corrected chi connectivity index (χ2v) is 13.5. The Labute approximate surface area is 277 Å². The summed E-state index contributed by atoms with van der Waals surface area (Å²) in [4.78, 5) is 30.0. The number of rotatable bonds is 14. The van der Waals surface area contributed by atoms with Gasteiger partial charge in [0.25, 0.3) is 10.0 Å². The molecule has 4 rings (SSSR count). The maximum atomic E-state index is 14.6. The summed E-state index contributed by atoms with van der Waals surface area (Å²) in [6.45, 7) is 5.24. The predicted octanol–water partition coefficient (Wildman–Crippen LogP) is 6.41. The van der Waals surface area contributed by atoms with Crippen molar-refractivity contribution in [3.63, 3.8) is 0 Å². The van der Waals surface area contributed by atoms with Gasteiger partial charge in [0.1, 0.15) is 18.3 Å². The topological polar surface area (TPSA) is 96.0 Å². The van der Waals surface area contributed by atoms with Gasteiger partial charge in [0, 0.05) is 30.1 Å². The average molecular weight is 662 g/mol. The maximum absolute atomic E-state index is 14.6. The Bertz CT molecular complexity index is 1720. The van der Waals surface area contributed by atoms with E-state index >= 15 is 0 Å². The number of hydrogen-bond donors (Lipinski definition) is 1. The highest BCUT2D eigenvalue weighted by Crippen LogP contribution is 2.28. The van der Waals surface area contributed by atoms with E-state index in [2.05, 4.69) is 5.32 Å². The Balaban J connectivity index is 1.82. The van der Waals surface area contributed by atoms with Crippen LogP contribution in [-0.2, 0) is 32.6 Å². The molecule has 10 heteroatoms. The van der Waals surface area contributed by atoms with Crippen LogP contribution in [0.1, 0.15) is 37.0 Å². The monoisotopic (exact) mass is 661 g/mol. The van der Waals surface area contributed by atoms with Gasteiger partial charge in [-0.3, -0.25) is 13.9 Å². The van der Waals surface area contributed by atoms with Gasteiger partial charge in [-0.1, -0.05) is 84.8 Å². The highest BCUT2D eigenvalue weighted by molar-refractivity contribution is 7.92. The lowest BCUT2D eigenvalue weighted by molar-refractivity contribution is -0.140. The number of amides is 2. The normalized spacial score (nSPS) is 12.5. The van der Waals surface area contributed by atoms with Crippen molar-refractivity contribution in [2.75, 3.05) is 18.0 Å². The molecule has 0 aliphatic rings. The van der Waals surface area contributed by atoms with Crippen molar-refractivity contribution >= 4 is 39.1 Å². The summed E-state index contributed by atoms with van der Waals surface area (Å²) in [5.74, 6) is -0.439. The second kappa shape index (κ2) is 15.8. The molecule has 0 unspecified atom stereocenters. The number of aryl methyl sites for hydroxylation is 1. The minimum absolute atomic E-state index is 0.0355. The number of nitrogens with zero attached hydrogens (tertiary/aromatic N) is 2. The smallest absolute Gasteiger partial charge is 0.264 e. The Kier molecular flexibility index (Phi) is 11.8. The fourth-order valence-corrected chi connectivity index (χ4v) is 6.45. The molecule has 0 radical (unpaired) electrons. The third-order valence-electron chi connectivity index (χ3n) is 7.77. The van der Waals surface area contributed by atoms with Gasteiger partial charge in [-0.25, -0.2) is 8.42 Å². The molecule has 0 aliphatic carbocycles. The summed E-state index contributed by atoms with van der Waals surface area (Å²) in [6.07, 6.45) is 0.930. The molecule has 46 heavy (non-hydrogen) atoms. The van der Waals surface area contributed by atoms with Crippen molar-refractivity contribution in [1.29, 1.82) is 0 Å². The number of methoxy groups -OCH3 is 1. The third kappa shape index (κ3) is 8.89. The molecule has 0 saturated carbocycles. The van der Waals surface area contributed by atoms with Gasteiger partial charge in [0.05, 0.1) is 17.7 Å². The standard InChI is InChI=1S/C36H40ClN3O5S/c1-5-27(3)38-36(42)34(22-28-10-7-6-8-11-28)39(24-29-16-18-30(37)19-17-29)35(41)25-40(31-12-9-13-32(23-31)45-4)46(43,44)33-20-14-26(2)15-21-33/h6-21,23,27,34H,5,22,24-25H2,1-4H3,(H,38,42)/t27-,34-/m0/s1. The first-order chi connectivity index (χ1) is 22.0. The van der Waals surface area contributed by atoms with Crippen LogP contribution in [0.25, 0.3) is 0 Å². The fraction of sp³-hybridized carbons (Fsp3) is 0.278. The number of nitrogens with one attached hydrogen (secondary N) is 1. The van der Waals surface area contributed by atoms with E-state index in [-0.39, 0.29) is 35.5 Å². The van der Waals surface area contributed by atoms with Crippen LogP contribution in [0.4, 0.5) is 5.69 Å². The highest BCUT2D eigenvalue weighted by Gasteiger charge is 2.35. The van der Waals surface area contributed by atoms with Crippen molar-refractivity contribution in [3.05, 3.63) is 125 Å². The van der Waals surface area contributed by atoms with Crippen molar-refractivity contribution in [1.82, 2.24) is 10.2 Å². The van der Waals surface area contributed by atoms with Crippen molar-refractivity contribution in [3.8, 4) is 5.75 Å². The molecule has 2 amide bonds. The Morgan fingerprint density at radius 1 is 0.891 bits per heavy atom. The molecule has 0 fully saturated rings. The summed E-state index contributed by atoms with van der Waals surface area (Å²) < 4.78 is 34.9. The van der Waals surface area contributed by atoms with Crippen molar-refractivity contribution < 1.29 is 22.7 Å². The number of hydrogen-bond acceptors (Lipinski definition) is 5. The molecule has 0 heterocycles. The zero-order valence-corrected chi connectivity index (χ0v) is 28.1. The highest BCUT2D eigenvalue weighted by atomic mass is 35.5. The molecule has 0 bridgehead atoms. The van der Waals surface area contributed by atoms with Gasteiger partial charge in [0.15, 0.2) is 0 Å². The summed E-state index contributed by atoms with van der Waals surface area (Å²) in [5.41, 5.74) is 2.75. The van der Waals surface area contributed by atoms with Crippen LogP contribution < -0.4 is 14.4 Å². The number of ether oxygens (including phenoxy) is 1. The van der Waals surface area contributed by atoms with E-state index in [1.807, 2.05) is 51.1 Å². The van der Waals surface area contributed by atoms with Gasteiger partial charge in [-0.15, -0.1) is 0 Å². The van der Waals surface area contributed by atoms with Gasteiger partial charge in [-0.05, 0) is 67.8 Å². The molecule has 8 nitrogen and oxygen atoms in total. The molecule has 0 aromatic heterocycles. The number of halogens is 1. The summed E-state index contributed by atoms with van der Waals surface area (Å²) in [7, 11) is -2.73. The van der Waals surface area contributed by atoms with Crippen LogP contribution in [-0.4, -0.2) is 50.9 Å². The number of carbonyl (C=O) groups is 2. The molecular formula is C36H40ClN3O5S. The lowest BCUT2D eigenvalue weighted by atomic mass is 10.0. The van der Waals surface area contributed by atoms with Crippen LogP contribution >= 0.6 is 11.6 Å². The molecule has 1 N–H and O–H groups in total. The Morgan fingerprint density at radius 2 is 1.57 bits per heavy atom. The van der Waals surface area contributed by atoms with E-state index < -0.39 is 28.5 Å². The molecule has 4 aromatic carbocycles. The number of benzene rings is 4. The first-order valence-electron chi connectivity index (χ1n) is 15.1. The second-order valence-electron chi connectivity index (χ2n) is 11.2. The minimum atomic E-state index is -4.22. The van der Waals surface area contributed by atoms with E-state index in [4.69, 9.17) is 16.3 Å². The van der Waals surface area contributed by atoms with Crippen LogP contribution in [0.3, 0.4) is 0 Å². The van der Waals surface area contributed by atoms with Gasteiger partial charge >= 0.3 is 0 Å². The van der Waals surface area contributed by atoms with E-state index in [0.717, 1.165) is 21.0 Å².